The highest BCUT2D eigenvalue weighted by atomic mass is 32.2. The van der Waals surface area contributed by atoms with E-state index in [9.17, 15) is 18.5 Å². The zero-order valence-electron chi connectivity index (χ0n) is 9.82. The normalized spacial score (nSPS) is 12.1. The van der Waals surface area contributed by atoms with Gasteiger partial charge in [0.05, 0.1) is 9.82 Å². The van der Waals surface area contributed by atoms with Crippen LogP contribution in [0.1, 0.15) is 13.8 Å². The van der Waals surface area contributed by atoms with Crippen LogP contribution in [0.4, 0.5) is 5.69 Å². The summed E-state index contributed by atoms with van der Waals surface area (Å²) in [5.41, 5.74) is -0.233. The molecule has 0 saturated carbocycles. The highest BCUT2D eigenvalue weighted by Crippen LogP contribution is 2.21. The van der Waals surface area contributed by atoms with Crippen LogP contribution in [0.3, 0.4) is 0 Å². The number of hydrogen-bond donors (Lipinski definition) is 0. The first kappa shape index (κ1) is 13.6. The molecule has 1 rings (SSSR count). The van der Waals surface area contributed by atoms with E-state index in [0.29, 0.717) is 0 Å². The lowest BCUT2D eigenvalue weighted by Crippen LogP contribution is -2.33. The maximum Gasteiger partial charge on any atom is 0.270 e. The number of rotatable bonds is 4. The molecule has 0 atom stereocenters. The van der Waals surface area contributed by atoms with Gasteiger partial charge in [0, 0.05) is 25.2 Å². The van der Waals surface area contributed by atoms with E-state index in [1.54, 1.807) is 13.8 Å². The van der Waals surface area contributed by atoms with Gasteiger partial charge in [0.2, 0.25) is 10.0 Å². The maximum absolute atomic E-state index is 12.1. The number of hydrogen-bond acceptors (Lipinski definition) is 4. The summed E-state index contributed by atoms with van der Waals surface area (Å²) in [6.07, 6.45) is 0. The molecule has 0 amide bonds. The number of nitro groups is 1. The molecule has 0 aliphatic heterocycles. The van der Waals surface area contributed by atoms with Crippen molar-refractivity contribution in [3.05, 3.63) is 34.4 Å². The Labute approximate surface area is 100 Å². The number of benzene rings is 1. The van der Waals surface area contributed by atoms with Gasteiger partial charge in [-0.1, -0.05) is 6.07 Å². The van der Waals surface area contributed by atoms with E-state index >= 15 is 0 Å². The monoisotopic (exact) mass is 258 g/mol. The number of sulfonamides is 1. The Morgan fingerprint density at radius 2 is 1.94 bits per heavy atom. The first-order chi connectivity index (χ1) is 7.76. The Bertz CT molecular complexity index is 525. The average Bonchev–Trinajstić information content (AvgIpc) is 2.28. The molecule has 0 spiro atoms. The lowest BCUT2D eigenvalue weighted by Gasteiger charge is -2.20. The van der Waals surface area contributed by atoms with Crippen LogP contribution in [0.25, 0.3) is 0 Å². The zero-order valence-corrected chi connectivity index (χ0v) is 10.6. The minimum atomic E-state index is -3.67. The van der Waals surface area contributed by atoms with Gasteiger partial charge in [-0.15, -0.1) is 0 Å². The third-order valence-electron chi connectivity index (χ3n) is 2.43. The van der Waals surface area contributed by atoms with Gasteiger partial charge in [-0.25, -0.2) is 8.42 Å². The minimum Gasteiger partial charge on any atom is -0.258 e. The van der Waals surface area contributed by atoms with E-state index < -0.39 is 14.9 Å². The molecule has 94 valence electrons. The van der Waals surface area contributed by atoms with Gasteiger partial charge in [0.15, 0.2) is 0 Å². The van der Waals surface area contributed by atoms with Gasteiger partial charge in [-0.3, -0.25) is 10.1 Å². The summed E-state index contributed by atoms with van der Waals surface area (Å²) in [7, 11) is -2.22. The highest BCUT2D eigenvalue weighted by Gasteiger charge is 2.24. The van der Waals surface area contributed by atoms with Gasteiger partial charge in [0.1, 0.15) is 0 Å². The second kappa shape index (κ2) is 4.80. The van der Waals surface area contributed by atoms with E-state index in [0.717, 1.165) is 6.07 Å². The molecule has 0 unspecified atom stereocenters. The predicted molar refractivity (Wildman–Crippen MR) is 63.2 cm³/mol. The Balaban J connectivity index is 3.25. The van der Waals surface area contributed by atoms with Crippen LogP contribution < -0.4 is 0 Å². The summed E-state index contributed by atoms with van der Waals surface area (Å²) in [5, 5.41) is 10.6. The van der Waals surface area contributed by atoms with Gasteiger partial charge in [-0.2, -0.15) is 4.31 Å². The van der Waals surface area contributed by atoms with Crippen LogP contribution in [0.15, 0.2) is 29.2 Å². The lowest BCUT2D eigenvalue weighted by molar-refractivity contribution is -0.385. The minimum absolute atomic E-state index is 0.0668. The second-order valence-electron chi connectivity index (χ2n) is 3.87. The number of nitro benzene ring substituents is 1. The fourth-order valence-electron chi connectivity index (χ4n) is 1.20. The molecule has 0 aliphatic rings. The second-order valence-corrected chi connectivity index (χ2v) is 5.87. The highest BCUT2D eigenvalue weighted by molar-refractivity contribution is 7.89. The number of non-ortho nitro benzene ring substituents is 1. The lowest BCUT2D eigenvalue weighted by atomic mass is 10.3. The van der Waals surface area contributed by atoms with Crippen molar-refractivity contribution in [2.24, 2.45) is 0 Å². The van der Waals surface area contributed by atoms with Crippen molar-refractivity contribution in [3.63, 3.8) is 0 Å². The van der Waals surface area contributed by atoms with Crippen LogP contribution in [0.5, 0.6) is 0 Å². The summed E-state index contributed by atoms with van der Waals surface area (Å²) >= 11 is 0. The Morgan fingerprint density at radius 1 is 1.35 bits per heavy atom. The molecule has 0 bridgehead atoms. The van der Waals surface area contributed by atoms with Crippen LogP contribution in [-0.2, 0) is 10.0 Å². The average molecular weight is 258 g/mol. The summed E-state index contributed by atoms with van der Waals surface area (Å²) in [5.74, 6) is 0. The largest absolute Gasteiger partial charge is 0.270 e. The smallest absolute Gasteiger partial charge is 0.258 e. The predicted octanol–water partition coefficient (Wildman–Crippen LogP) is 1.62. The van der Waals surface area contributed by atoms with Crippen LogP contribution >= 0.6 is 0 Å². The maximum atomic E-state index is 12.1. The summed E-state index contributed by atoms with van der Waals surface area (Å²) in [6.45, 7) is 3.46. The van der Waals surface area contributed by atoms with Crippen molar-refractivity contribution in [2.75, 3.05) is 7.05 Å². The molecule has 0 radical (unpaired) electrons. The summed E-state index contributed by atoms with van der Waals surface area (Å²) in [6, 6.07) is 4.82. The van der Waals surface area contributed by atoms with Crippen molar-refractivity contribution in [1.29, 1.82) is 0 Å². The van der Waals surface area contributed by atoms with Crippen molar-refractivity contribution in [2.45, 2.75) is 24.8 Å². The molecule has 0 N–H and O–H groups in total. The molecule has 0 heterocycles. The van der Waals surface area contributed by atoms with Crippen molar-refractivity contribution < 1.29 is 13.3 Å². The molecular weight excluding hydrogens is 244 g/mol. The van der Waals surface area contributed by atoms with Crippen LogP contribution in [-0.4, -0.2) is 30.7 Å². The molecule has 0 saturated heterocycles. The first-order valence-electron chi connectivity index (χ1n) is 4.99. The molecule has 0 fully saturated rings. The van der Waals surface area contributed by atoms with Gasteiger partial charge in [-0.05, 0) is 19.9 Å². The van der Waals surface area contributed by atoms with E-state index in [1.807, 2.05) is 0 Å². The standard InChI is InChI=1S/C10H14N2O4S/c1-8(2)11(3)17(15,16)10-6-4-5-9(7-10)12(13)14/h4-8H,1-3H3. The molecule has 7 heteroatoms. The molecule has 17 heavy (non-hydrogen) atoms. The van der Waals surface area contributed by atoms with E-state index in [2.05, 4.69) is 0 Å². The van der Waals surface area contributed by atoms with Crippen LogP contribution in [0, 0.1) is 10.1 Å². The van der Waals surface area contributed by atoms with E-state index in [4.69, 9.17) is 0 Å². The molecule has 0 aromatic heterocycles. The summed E-state index contributed by atoms with van der Waals surface area (Å²) in [4.78, 5) is 9.90. The Hall–Kier alpha value is -1.47. The Kier molecular flexibility index (Phi) is 3.84. The van der Waals surface area contributed by atoms with Gasteiger partial charge < -0.3 is 0 Å². The fourth-order valence-corrected chi connectivity index (χ4v) is 2.61. The Morgan fingerprint density at radius 3 is 2.41 bits per heavy atom. The van der Waals surface area contributed by atoms with Gasteiger partial charge >= 0.3 is 0 Å². The zero-order chi connectivity index (χ0) is 13.2. The molecular formula is C10H14N2O4S. The van der Waals surface area contributed by atoms with Crippen molar-refractivity contribution in [3.8, 4) is 0 Å². The van der Waals surface area contributed by atoms with Crippen molar-refractivity contribution >= 4 is 15.7 Å². The fraction of sp³-hybridized carbons (Fsp3) is 0.400. The van der Waals surface area contributed by atoms with Crippen molar-refractivity contribution in [1.82, 2.24) is 4.31 Å². The number of nitrogens with zero attached hydrogens (tertiary/aromatic N) is 2. The molecule has 6 nitrogen and oxygen atoms in total. The summed E-state index contributed by atoms with van der Waals surface area (Å²) < 4.78 is 25.3. The van der Waals surface area contributed by atoms with E-state index in [-0.39, 0.29) is 16.6 Å². The first-order valence-corrected chi connectivity index (χ1v) is 6.43. The van der Waals surface area contributed by atoms with Crippen LogP contribution in [0.2, 0.25) is 0 Å². The molecule has 1 aromatic carbocycles. The third kappa shape index (κ3) is 2.80. The topological polar surface area (TPSA) is 80.5 Å². The SMILES string of the molecule is CC(C)N(C)S(=O)(=O)c1cccc([N+](=O)[O-])c1. The quantitative estimate of drug-likeness (QED) is 0.607. The van der Waals surface area contributed by atoms with Gasteiger partial charge in [0.25, 0.3) is 5.69 Å². The third-order valence-corrected chi connectivity index (χ3v) is 4.46. The van der Waals surface area contributed by atoms with E-state index in [1.165, 1.54) is 29.6 Å². The molecule has 1 aromatic rings. The molecule has 0 aliphatic carbocycles.